The van der Waals surface area contributed by atoms with Crippen molar-refractivity contribution in [3.8, 4) is 6.07 Å². The molecule has 16 heavy (non-hydrogen) atoms. The lowest BCUT2D eigenvalue weighted by Gasteiger charge is -2.14. The van der Waals surface area contributed by atoms with Gasteiger partial charge >= 0.3 is 5.97 Å². The molecule has 86 valence electrons. The topological polar surface area (TPSA) is 80.8 Å². The summed E-state index contributed by atoms with van der Waals surface area (Å²) in [5.74, 6) is -0.274. The van der Waals surface area contributed by atoms with E-state index in [-0.39, 0.29) is 11.8 Å². The second kappa shape index (κ2) is 5.85. The summed E-state index contributed by atoms with van der Waals surface area (Å²) in [4.78, 5) is 15.4. The van der Waals surface area contributed by atoms with Gasteiger partial charge in [-0.15, -0.1) is 5.10 Å². The Balaban J connectivity index is 2.84. The zero-order valence-electron chi connectivity index (χ0n) is 9.38. The van der Waals surface area contributed by atoms with Gasteiger partial charge in [0.1, 0.15) is 12.4 Å². The molecule has 0 bridgehead atoms. The summed E-state index contributed by atoms with van der Waals surface area (Å²) in [6.07, 6.45) is 2.83. The van der Waals surface area contributed by atoms with Crippen molar-refractivity contribution >= 4 is 5.97 Å². The van der Waals surface area contributed by atoms with Gasteiger partial charge in [0, 0.05) is 0 Å². The Hall–Kier alpha value is -1.90. The molecule has 0 aromatic carbocycles. The number of nitriles is 1. The van der Waals surface area contributed by atoms with Crippen LogP contribution in [0.2, 0.25) is 0 Å². The molecule has 0 fully saturated rings. The number of ether oxygens (including phenoxy) is 1. The van der Waals surface area contributed by atoms with Crippen LogP contribution in [0.25, 0.3) is 0 Å². The van der Waals surface area contributed by atoms with Crippen LogP contribution < -0.4 is 0 Å². The molecule has 0 N–H and O–H groups in total. The molecular formula is C10H14N4O2. The third kappa shape index (κ3) is 2.79. The monoisotopic (exact) mass is 222 g/mol. The highest BCUT2D eigenvalue weighted by Gasteiger charge is 2.22. The Morgan fingerprint density at radius 3 is 2.94 bits per heavy atom. The molecule has 1 aromatic heterocycles. The number of rotatable bonds is 5. The van der Waals surface area contributed by atoms with E-state index in [1.165, 1.54) is 11.0 Å². The summed E-state index contributed by atoms with van der Waals surface area (Å²) in [7, 11) is 0. The lowest BCUT2D eigenvalue weighted by Crippen LogP contribution is -2.22. The Morgan fingerprint density at radius 1 is 1.69 bits per heavy atom. The Morgan fingerprint density at radius 2 is 2.44 bits per heavy atom. The molecule has 6 heteroatoms. The number of hydrogen-bond donors (Lipinski definition) is 0. The first kappa shape index (κ1) is 12.2. The van der Waals surface area contributed by atoms with Gasteiger partial charge in [0.05, 0.1) is 6.61 Å². The van der Waals surface area contributed by atoms with Crippen LogP contribution >= 0.6 is 0 Å². The van der Waals surface area contributed by atoms with Crippen LogP contribution in [-0.2, 0) is 9.53 Å². The van der Waals surface area contributed by atoms with Crippen LogP contribution in [0.5, 0.6) is 0 Å². The summed E-state index contributed by atoms with van der Waals surface area (Å²) in [6.45, 7) is 4.05. The third-order valence-electron chi connectivity index (χ3n) is 2.05. The standard InChI is InChI=1S/C10H14N4O2/c1-3-5-8(10(15)16-4-2)14-7-12-9(6-11)13-14/h7-8H,3-5H2,1-2H3. The van der Waals surface area contributed by atoms with Crippen molar-refractivity contribution in [1.29, 1.82) is 5.26 Å². The normalized spacial score (nSPS) is 11.8. The van der Waals surface area contributed by atoms with Gasteiger partial charge in [0.15, 0.2) is 6.04 Å². The molecule has 0 aliphatic heterocycles. The fourth-order valence-corrected chi connectivity index (χ4v) is 1.35. The largest absolute Gasteiger partial charge is 0.464 e. The highest BCUT2D eigenvalue weighted by atomic mass is 16.5. The van der Waals surface area contributed by atoms with Crippen molar-refractivity contribution in [1.82, 2.24) is 14.8 Å². The van der Waals surface area contributed by atoms with E-state index in [9.17, 15) is 4.79 Å². The molecule has 1 unspecified atom stereocenters. The highest BCUT2D eigenvalue weighted by molar-refractivity contribution is 5.74. The number of aromatic nitrogens is 3. The van der Waals surface area contributed by atoms with Crippen molar-refractivity contribution in [3.63, 3.8) is 0 Å². The zero-order chi connectivity index (χ0) is 12.0. The quantitative estimate of drug-likeness (QED) is 0.695. The number of nitrogens with zero attached hydrogens (tertiary/aromatic N) is 4. The Labute approximate surface area is 93.8 Å². The zero-order valence-corrected chi connectivity index (χ0v) is 9.38. The van der Waals surface area contributed by atoms with E-state index >= 15 is 0 Å². The van der Waals surface area contributed by atoms with E-state index < -0.39 is 6.04 Å². The molecule has 1 aromatic rings. The minimum absolute atomic E-state index is 0.0606. The van der Waals surface area contributed by atoms with Crippen LogP contribution in [0.15, 0.2) is 6.33 Å². The second-order valence-electron chi connectivity index (χ2n) is 3.22. The van der Waals surface area contributed by atoms with Crippen molar-refractivity contribution in [2.75, 3.05) is 6.61 Å². The Kier molecular flexibility index (Phi) is 4.45. The van der Waals surface area contributed by atoms with Crippen LogP contribution in [0.1, 0.15) is 38.6 Å². The summed E-state index contributed by atoms with van der Waals surface area (Å²) in [6, 6.07) is 1.33. The maximum atomic E-state index is 11.6. The number of esters is 1. The third-order valence-corrected chi connectivity index (χ3v) is 2.05. The van der Waals surface area contributed by atoms with Gasteiger partial charge in [-0.3, -0.25) is 0 Å². The second-order valence-corrected chi connectivity index (χ2v) is 3.22. The van der Waals surface area contributed by atoms with Crippen molar-refractivity contribution in [2.24, 2.45) is 0 Å². The van der Waals surface area contributed by atoms with E-state index in [1.807, 2.05) is 13.0 Å². The van der Waals surface area contributed by atoms with Gasteiger partial charge in [0.2, 0.25) is 0 Å². The molecule has 1 rings (SSSR count). The predicted octanol–water partition coefficient (Wildman–Crippen LogP) is 1.05. The summed E-state index contributed by atoms with van der Waals surface area (Å²) in [5.41, 5.74) is 0. The van der Waals surface area contributed by atoms with Gasteiger partial charge in [0.25, 0.3) is 5.82 Å². The first-order valence-corrected chi connectivity index (χ1v) is 5.20. The SMILES string of the molecule is CCCC(C(=O)OCC)n1cnc(C#N)n1. The lowest BCUT2D eigenvalue weighted by atomic mass is 10.2. The Bertz CT molecular complexity index is 394. The van der Waals surface area contributed by atoms with E-state index in [0.717, 1.165) is 6.42 Å². The van der Waals surface area contributed by atoms with E-state index in [2.05, 4.69) is 10.1 Å². The predicted molar refractivity (Wildman–Crippen MR) is 55.3 cm³/mol. The molecule has 1 heterocycles. The van der Waals surface area contributed by atoms with E-state index in [4.69, 9.17) is 10.00 Å². The first-order chi connectivity index (χ1) is 7.72. The fourth-order valence-electron chi connectivity index (χ4n) is 1.35. The van der Waals surface area contributed by atoms with Gasteiger partial charge in [-0.25, -0.2) is 14.5 Å². The van der Waals surface area contributed by atoms with Crippen LogP contribution in [-0.4, -0.2) is 27.3 Å². The maximum absolute atomic E-state index is 11.6. The lowest BCUT2D eigenvalue weighted by molar-refractivity contribution is -0.147. The molecule has 0 amide bonds. The maximum Gasteiger partial charge on any atom is 0.330 e. The average Bonchev–Trinajstić information content (AvgIpc) is 2.74. The minimum atomic E-state index is -0.487. The molecule has 0 saturated heterocycles. The van der Waals surface area contributed by atoms with Gasteiger partial charge < -0.3 is 4.74 Å². The van der Waals surface area contributed by atoms with Crippen LogP contribution in [0, 0.1) is 11.3 Å². The van der Waals surface area contributed by atoms with Crippen LogP contribution in [0.3, 0.4) is 0 Å². The smallest absolute Gasteiger partial charge is 0.330 e. The molecule has 0 saturated carbocycles. The van der Waals surface area contributed by atoms with Gasteiger partial charge in [-0.05, 0) is 13.3 Å². The number of hydrogen-bond acceptors (Lipinski definition) is 5. The number of carbonyl (C=O) groups is 1. The van der Waals surface area contributed by atoms with Crippen LogP contribution in [0.4, 0.5) is 0 Å². The first-order valence-electron chi connectivity index (χ1n) is 5.20. The molecule has 6 nitrogen and oxygen atoms in total. The molecule has 0 radical (unpaired) electrons. The molecular weight excluding hydrogens is 208 g/mol. The number of carbonyl (C=O) groups excluding carboxylic acids is 1. The van der Waals surface area contributed by atoms with Gasteiger partial charge in [-0.1, -0.05) is 13.3 Å². The molecule has 0 aliphatic carbocycles. The molecule has 1 atom stereocenters. The van der Waals surface area contributed by atoms with E-state index in [1.54, 1.807) is 6.92 Å². The summed E-state index contributed by atoms with van der Waals surface area (Å²) >= 11 is 0. The molecule has 0 aliphatic rings. The molecule has 0 spiro atoms. The summed E-state index contributed by atoms with van der Waals surface area (Å²) < 4.78 is 6.33. The minimum Gasteiger partial charge on any atom is -0.464 e. The fraction of sp³-hybridized carbons (Fsp3) is 0.600. The average molecular weight is 222 g/mol. The van der Waals surface area contributed by atoms with Crippen molar-refractivity contribution in [2.45, 2.75) is 32.7 Å². The highest BCUT2D eigenvalue weighted by Crippen LogP contribution is 2.14. The van der Waals surface area contributed by atoms with Crippen molar-refractivity contribution < 1.29 is 9.53 Å². The van der Waals surface area contributed by atoms with Crippen molar-refractivity contribution in [3.05, 3.63) is 12.2 Å². The van der Waals surface area contributed by atoms with E-state index in [0.29, 0.717) is 13.0 Å². The van der Waals surface area contributed by atoms with Gasteiger partial charge in [-0.2, -0.15) is 5.26 Å². The summed E-state index contributed by atoms with van der Waals surface area (Å²) in [5, 5.41) is 12.5.